The van der Waals surface area contributed by atoms with Crippen LogP contribution >= 0.6 is 0 Å². The lowest BCUT2D eigenvalue weighted by atomic mass is 10.0. The SMILES string of the molecule is O=C(NCCO)c1cccc2c1CCN2c1cncc(Cc2cccc(C(F)(F)F)c2)n1. The fourth-order valence-corrected chi connectivity index (χ4v) is 3.83. The highest BCUT2D eigenvalue weighted by Crippen LogP contribution is 2.35. The zero-order valence-electron chi connectivity index (χ0n) is 17.1. The van der Waals surface area contributed by atoms with Crippen molar-refractivity contribution in [3.63, 3.8) is 0 Å². The van der Waals surface area contributed by atoms with Gasteiger partial charge >= 0.3 is 6.18 Å². The second-order valence-corrected chi connectivity index (χ2v) is 7.43. The molecular formula is C23H21F3N4O2. The van der Waals surface area contributed by atoms with Gasteiger partial charge in [0.2, 0.25) is 0 Å². The molecule has 6 nitrogen and oxygen atoms in total. The number of aromatic nitrogens is 2. The Labute approximate surface area is 182 Å². The number of alkyl halides is 3. The molecule has 0 bridgehead atoms. The standard InChI is InChI=1S/C23H21F3N4O2/c24-23(25,26)16-4-1-3-15(11-16)12-17-13-27-14-21(29-17)30-9-7-18-19(5-2-6-20(18)30)22(32)28-8-10-31/h1-6,11,13-14,31H,7-10,12H2,(H,28,32). The number of rotatable bonds is 6. The van der Waals surface area contributed by atoms with Crippen molar-refractivity contribution in [2.75, 3.05) is 24.6 Å². The average molecular weight is 442 g/mol. The number of benzene rings is 2. The highest BCUT2D eigenvalue weighted by atomic mass is 19.4. The lowest BCUT2D eigenvalue weighted by Gasteiger charge is -2.19. The minimum absolute atomic E-state index is 0.138. The maximum Gasteiger partial charge on any atom is 0.416 e. The van der Waals surface area contributed by atoms with Crippen LogP contribution in [0.4, 0.5) is 24.7 Å². The van der Waals surface area contributed by atoms with E-state index in [-0.39, 0.29) is 25.5 Å². The summed E-state index contributed by atoms with van der Waals surface area (Å²) in [7, 11) is 0. The largest absolute Gasteiger partial charge is 0.416 e. The van der Waals surface area contributed by atoms with Crippen molar-refractivity contribution in [2.45, 2.75) is 19.0 Å². The fourth-order valence-electron chi connectivity index (χ4n) is 3.83. The Hall–Kier alpha value is -3.46. The topological polar surface area (TPSA) is 78.4 Å². The van der Waals surface area contributed by atoms with Crippen molar-refractivity contribution < 1.29 is 23.1 Å². The molecule has 2 aromatic carbocycles. The molecule has 0 saturated carbocycles. The fraction of sp³-hybridized carbons (Fsp3) is 0.261. The molecule has 0 fully saturated rings. The van der Waals surface area contributed by atoms with Crippen LogP contribution in [0, 0.1) is 0 Å². The number of hydrogen-bond donors (Lipinski definition) is 2. The first-order chi connectivity index (χ1) is 15.4. The number of carbonyl (C=O) groups excluding carboxylic acids is 1. The van der Waals surface area contributed by atoms with Gasteiger partial charge in [0, 0.05) is 37.0 Å². The van der Waals surface area contributed by atoms with Gasteiger partial charge in [0.1, 0.15) is 0 Å². The molecule has 2 heterocycles. The summed E-state index contributed by atoms with van der Waals surface area (Å²) in [6.45, 7) is 0.637. The Morgan fingerprint density at radius 3 is 2.75 bits per heavy atom. The lowest BCUT2D eigenvalue weighted by molar-refractivity contribution is -0.137. The van der Waals surface area contributed by atoms with E-state index in [4.69, 9.17) is 5.11 Å². The number of aliphatic hydroxyl groups is 1. The number of amides is 1. The Morgan fingerprint density at radius 1 is 1.16 bits per heavy atom. The molecule has 9 heteroatoms. The molecule has 1 aliphatic rings. The van der Waals surface area contributed by atoms with Gasteiger partial charge in [0.15, 0.2) is 5.82 Å². The molecule has 4 rings (SSSR count). The second-order valence-electron chi connectivity index (χ2n) is 7.43. The maximum absolute atomic E-state index is 13.0. The molecule has 166 valence electrons. The number of halogens is 3. The van der Waals surface area contributed by atoms with Crippen molar-refractivity contribution in [1.82, 2.24) is 15.3 Å². The zero-order chi connectivity index (χ0) is 22.7. The summed E-state index contributed by atoms with van der Waals surface area (Å²) in [6, 6.07) is 10.6. The summed E-state index contributed by atoms with van der Waals surface area (Å²) in [5.41, 5.74) is 2.62. The molecule has 0 unspecified atom stereocenters. The summed E-state index contributed by atoms with van der Waals surface area (Å²) >= 11 is 0. The average Bonchev–Trinajstić information content (AvgIpc) is 3.21. The molecule has 0 saturated heterocycles. The van der Waals surface area contributed by atoms with E-state index in [0.29, 0.717) is 35.6 Å². The smallest absolute Gasteiger partial charge is 0.395 e. The summed E-state index contributed by atoms with van der Waals surface area (Å²) < 4.78 is 39.0. The van der Waals surface area contributed by atoms with Crippen LogP contribution in [-0.2, 0) is 19.0 Å². The molecule has 3 aromatic rings. The second kappa shape index (κ2) is 8.96. The molecule has 2 N–H and O–H groups in total. The Morgan fingerprint density at radius 2 is 1.97 bits per heavy atom. The molecule has 0 radical (unpaired) electrons. The van der Waals surface area contributed by atoms with Gasteiger partial charge in [-0.2, -0.15) is 13.2 Å². The molecule has 1 aliphatic heterocycles. The van der Waals surface area contributed by atoms with E-state index in [9.17, 15) is 18.0 Å². The molecular weight excluding hydrogens is 421 g/mol. The van der Waals surface area contributed by atoms with E-state index >= 15 is 0 Å². The van der Waals surface area contributed by atoms with Crippen LogP contribution in [0.3, 0.4) is 0 Å². The van der Waals surface area contributed by atoms with Crippen molar-refractivity contribution >= 4 is 17.4 Å². The number of carbonyl (C=O) groups is 1. The van der Waals surface area contributed by atoms with Gasteiger partial charge < -0.3 is 15.3 Å². The predicted octanol–water partition coefficient (Wildman–Crippen LogP) is 3.50. The first-order valence-corrected chi connectivity index (χ1v) is 10.1. The lowest BCUT2D eigenvalue weighted by Crippen LogP contribution is -2.27. The van der Waals surface area contributed by atoms with E-state index in [2.05, 4.69) is 15.3 Å². The summed E-state index contributed by atoms with van der Waals surface area (Å²) in [5.74, 6) is 0.322. The Balaban J connectivity index is 1.58. The summed E-state index contributed by atoms with van der Waals surface area (Å²) in [6.07, 6.45) is -0.403. The Bertz CT molecular complexity index is 1130. The molecule has 1 aromatic heterocycles. The number of fused-ring (bicyclic) bond motifs is 1. The predicted molar refractivity (Wildman–Crippen MR) is 113 cm³/mol. The van der Waals surface area contributed by atoms with Crippen molar-refractivity contribution in [1.29, 1.82) is 0 Å². The van der Waals surface area contributed by atoms with Gasteiger partial charge in [0.05, 0.1) is 24.1 Å². The van der Waals surface area contributed by atoms with Crippen molar-refractivity contribution in [3.05, 3.63) is 82.8 Å². The molecule has 0 atom stereocenters. The highest BCUT2D eigenvalue weighted by molar-refractivity contribution is 5.98. The van der Waals surface area contributed by atoms with E-state index in [0.717, 1.165) is 23.4 Å². The maximum atomic E-state index is 13.0. The summed E-state index contributed by atoms with van der Waals surface area (Å²) in [5, 5.41) is 11.6. The third kappa shape index (κ3) is 4.57. The van der Waals surface area contributed by atoms with Crippen LogP contribution in [0.25, 0.3) is 0 Å². The van der Waals surface area contributed by atoms with Gasteiger partial charge in [-0.05, 0) is 35.7 Å². The van der Waals surface area contributed by atoms with Gasteiger partial charge in [-0.3, -0.25) is 9.78 Å². The quantitative estimate of drug-likeness (QED) is 0.611. The van der Waals surface area contributed by atoms with Crippen molar-refractivity contribution in [2.24, 2.45) is 0 Å². The molecule has 32 heavy (non-hydrogen) atoms. The van der Waals surface area contributed by atoms with Crippen LogP contribution in [0.2, 0.25) is 0 Å². The molecule has 0 spiro atoms. The van der Waals surface area contributed by atoms with Crippen LogP contribution < -0.4 is 10.2 Å². The van der Waals surface area contributed by atoms with Crippen LogP contribution in [0.15, 0.2) is 54.9 Å². The first kappa shape index (κ1) is 21.8. The Kier molecular flexibility index (Phi) is 6.09. The van der Waals surface area contributed by atoms with Gasteiger partial charge in [0.25, 0.3) is 5.91 Å². The number of nitrogens with one attached hydrogen (secondary N) is 1. The van der Waals surface area contributed by atoms with Crippen molar-refractivity contribution in [3.8, 4) is 0 Å². The normalized spacial score (nSPS) is 13.2. The number of nitrogens with zero attached hydrogens (tertiary/aromatic N) is 3. The third-order valence-electron chi connectivity index (χ3n) is 5.26. The zero-order valence-corrected chi connectivity index (χ0v) is 17.1. The monoisotopic (exact) mass is 442 g/mol. The molecule has 0 aliphatic carbocycles. The van der Waals surface area contributed by atoms with Crippen LogP contribution in [-0.4, -0.2) is 40.7 Å². The molecule has 1 amide bonds. The van der Waals surface area contributed by atoms with E-state index in [1.807, 2.05) is 11.0 Å². The van der Waals surface area contributed by atoms with E-state index in [1.165, 1.54) is 6.07 Å². The van der Waals surface area contributed by atoms with Crippen LogP contribution in [0.1, 0.15) is 32.7 Å². The van der Waals surface area contributed by atoms with E-state index < -0.39 is 11.7 Å². The first-order valence-electron chi connectivity index (χ1n) is 10.1. The van der Waals surface area contributed by atoms with Gasteiger partial charge in [-0.1, -0.05) is 24.3 Å². The van der Waals surface area contributed by atoms with Gasteiger partial charge in [-0.25, -0.2) is 4.98 Å². The number of hydrogen-bond acceptors (Lipinski definition) is 5. The number of aliphatic hydroxyl groups excluding tert-OH is 1. The highest BCUT2D eigenvalue weighted by Gasteiger charge is 2.30. The minimum Gasteiger partial charge on any atom is -0.395 e. The minimum atomic E-state index is -4.40. The third-order valence-corrected chi connectivity index (χ3v) is 5.26. The number of anilines is 2. The van der Waals surface area contributed by atoms with E-state index in [1.54, 1.807) is 30.6 Å². The summed E-state index contributed by atoms with van der Waals surface area (Å²) in [4.78, 5) is 23.2. The van der Waals surface area contributed by atoms with Crippen LogP contribution in [0.5, 0.6) is 0 Å². The van der Waals surface area contributed by atoms with Gasteiger partial charge in [-0.15, -0.1) is 0 Å².